The van der Waals surface area contributed by atoms with Crippen LogP contribution in [0.3, 0.4) is 0 Å². The summed E-state index contributed by atoms with van der Waals surface area (Å²) < 4.78 is 27.5. The summed E-state index contributed by atoms with van der Waals surface area (Å²) in [5, 5.41) is 3.18. The zero-order valence-electron chi connectivity index (χ0n) is 23.7. The molecule has 1 aliphatic carbocycles. The van der Waals surface area contributed by atoms with E-state index in [1.54, 1.807) is 10.4 Å². The van der Waals surface area contributed by atoms with Gasteiger partial charge in [0, 0.05) is 37.3 Å². The molecule has 1 N–H and O–H groups in total. The molecule has 1 aromatic carbocycles. The Hall–Kier alpha value is -2.11. The number of rotatable bonds is 9. The summed E-state index contributed by atoms with van der Waals surface area (Å²) in [5.74, 6) is -0.256. The van der Waals surface area contributed by atoms with Gasteiger partial charge in [-0.1, -0.05) is 24.3 Å². The number of sulfonamides is 1. The smallest absolute Gasteiger partial charge is 0.255 e. The van der Waals surface area contributed by atoms with Crippen molar-refractivity contribution in [3.63, 3.8) is 0 Å². The molecular weight excluding hydrogens is 514 g/mol. The summed E-state index contributed by atoms with van der Waals surface area (Å²) in [5.41, 5.74) is 2.07. The zero-order chi connectivity index (χ0) is 27.9. The van der Waals surface area contributed by atoms with Crippen LogP contribution >= 0.6 is 0 Å². The van der Waals surface area contributed by atoms with E-state index >= 15 is 0 Å². The third-order valence-electron chi connectivity index (χ3n) is 9.15. The number of carbonyl (C=O) groups excluding carboxylic acids is 2. The van der Waals surface area contributed by atoms with Gasteiger partial charge in [-0.25, -0.2) is 12.7 Å². The van der Waals surface area contributed by atoms with Crippen molar-refractivity contribution in [2.24, 2.45) is 0 Å². The predicted molar refractivity (Wildman–Crippen MR) is 153 cm³/mol. The molecule has 1 amide bonds. The highest BCUT2D eigenvalue weighted by molar-refractivity contribution is 7.89. The molecule has 10 heteroatoms. The molecule has 0 radical (unpaired) electrons. The Morgan fingerprint density at radius 2 is 1.72 bits per heavy atom. The number of benzene rings is 1. The third kappa shape index (κ3) is 5.86. The van der Waals surface area contributed by atoms with Gasteiger partial charge in [0.05, 0.1) is 17.4 Å². The van der Waals surface area contributed by atoms with Crippen LogP contribution in [0.2, 0.25) is 0 Å². The number of nitrogens with one attached hydrogen (secondary N) is 1. The second kappa shape index (κ2) is 11.4. The number of Topliss-reactive ketones (excluding diaryl/α,β-unsaturated/α-hetero) is 1. The maximum atomic E-state index is 13.3. The molecule has 39 heavy (non-hydrogen) atoms. The molecule has 2 bridgehead atoms. The second-order valence-electron chi connectivity index (χ2n) is 12.1. The molecular formula is C29H43N5O4S. The lowest BCUT2D eigenvalue weighted by Crippen LogP contribution is -2.51. The number of piperidine rings is 1. The highest BCUT2D eigenvalue weighted by atomic mass is 32.2. The molecule has 4 atom stereocenters. The van der Waals surface area contributed by atoms with Gasteiger partial charge >= 0.3 is 0 Å². The third-order valence-corrected chi connectivity index (χ3v) is 11.1. The SMILES string of the molecule is CN(C)C1CCN(S(=O)(=O)CCCN2C3CCC2CC(NC(=O)C2=Cc4ccccc4C(N(C)C)C2=O)C3)C1. The lowest BCUT2D eigenvalue weighted by atomic mass is 9.85. The van der Waals surface area contributed by atoms with Crippen LogP contribution in [0.4, 0.5) is 0 Å². The summed E-state index contributed by atoms with van der Waals surface area (Å²) in [6, 6.07) is 8.29. The van der Waals surface area contributed by atoms with Gasteiger partial charge in [0.15, 0.2) is 5.78 Å². The van der Waals surface area contributed by atoms with E-state index in [4.69, 9.17) is 0 Å². The second-order valence-corrected chi connectivity index (χ2v) is 14.2. The van der Waals surface area contributed by atoms with Gasteiger partial charge in [0.25, 0.3) is 5.91 Å². The number of hydrogen-bond acceptors (Lipinski definition) is 7. The largest absolute Gasteiger partial charge is 0.349 e. The first-order valence-electron chi connectivity index (χ1n) is 14.3. The van der Waals surface area contributed by atoms with Crippen molar-refractivity contribution in [1.82, 2.24) is 24.3 Å². The van der Waals surface area contributed by atoms with Gasteiger partial charge in [0.1, 0.15) is 0 Å². The number of amides is 1. The predicted octanol–water partition coefficient (Wildman–Crippen LogP) is 1.72. The van der Waals surface area contributed by atoms with Crippen LogP contribution in [0.1, 0.15) is 55.7 Å². The molecule has 3 aliphatic heterocycles. The van der Waals surface area contributed by atoms with Crippen molar-refractivity contribution in [2.75, 3.05) is 53.6 Å². The van der Waals surface area contributed by atoms with E-state index in [0.29, 0.717) is 37.6 Å². The van der Waals surface area contributed by atoms with Crippen LogP contribution in [-0.2, 0) is 19.6 Å². The normalized spacial score (nSPS) is 29.6. The van der Waals surface area contributed by atoms with Gasteiger partial charge in [-0.2, -0.15) is 0 Å². The van der Waals surface area contributed by atoms with Crippen molar-refractivity contribution in [3.05, 3.63) is 41.0 Å². The molecule has 5 rings (SSSR count). The molecule has 0 aromatic heterocycles. The fourth-order valence-corrected chi connectivity index (χ4v) is 8.60. The number of carbonyl (C=O) groups is 2. The molecule has 4 aliphatic rings. The highest BCUT2D eigenvalue weighted by Crippen LogP contribution is 2.37. The minimum Gasteiger partial charge on any atom is -0.349 e. The molecule has 3 fully saturated rings. The van der Waals surface area contributed by atoms with Crippen LogP contribution in [0.15, 0.2) is 29.8 Å². The monoisotopic (exact) mass is 557 g/mol. The fraction of sp³-hybridized carbons (Fsp3) is 0.655. The Bertz CT molecular complexity index is 1220. The number of nitrogens with zero attached hydrogens (tertiary/aromatic N) is 4. The van der Waals surface area contributed by atoms with Gasteiger partial charge in [0.2, 0.25) is 10.0 Å². The molecule has 0 saturated carbocycles. The Morgan fingerprint density at radius 1 is 1.03 bits per heavy atom. The topological polar surface area (TPSA) is 93.3 Å². The molecule has 4 unspecified atom stereocenters. The van der Waals surface area contributed by atoms with E-state index in [1.807, 2.05) is 57.4 Å². The van der Waals surface area contributed by atoms with Crippen molar-refractivity contribution in [3.8, 4) is 0 Å². The van der Waals surface area contributed by atoms with Crippen LogP contribution < -0.4 is 5.32 Å². The van der Waals surface area contributed by atoms with E-state index in [-0.39, 0.29) is 29.1 Å². The first-order chi connectivity index (χ1) is 18.5. The first-order valence-corrected chi connectivity index (χ1v) is 15.9. The standard InChI is InChI=1S/C29H43N5O4S/c1-31(2)24-12-14-33(19-24)39(37,38)15-7-13-34-22-10-11-23(34)18-21(17-22)30-29(36)26-16-20-8-5-6-9-25(20)27(28(26)35)32(3)4/h5-6,8-9,16,21-24,27H,7,10-15,17-19H2,1-4H3,(H,30,36). The summed E-state index contributed by atoms with van der Waals surface area (Å²) >= 11 is 0. The zero-order valence-corrected chi connectivity index (χ0v) is 24.5. The van der Waals surface area contributed by atoms with Crippen LogP contribution in [0.5, 0.6) is 0 Å². The molecule has 3 saturated heterocycles. The average Bonchev–Trinajstić information content (AvgIpc) is 3.47. The van der Waals surface area contributed by atoms with Gasteiger partial charge < -0.3 is 10.2 Å². The van der Waals surface area contributed by atoms with Crippen molar-refractivity contribution in [2.45, 2.75) is 68.7 Å². The van der Waals surface area contributed by atoms with Crippen LogP contribution in [-0.4, -0.2) is 117 Å². The lowest BCUT2D eigenvalue weighted by molar-refractivity contribution is -0.125. The highest BCUT2D eigenvalue weighted by Gasteiger charge is 2.42. The number of ketones is 1. The summed E-state index contributed by atoms with van der Waals surface area (Å²) in [4.78, 5) is 33.1. The molecule has 0 spiro atoms. The minimum absolute atomic E-state index is 0.0197. The van der Waals surface area contributed by atoms with Crippen LogP contribution in [0, 0.1) is 0 Å². The lowest BCUT2D eigenvalue weighted by Gasteiger charge is -2.39. The number of fused-ring (bicyclic) bond motifs is 3. The van der Waals surface area contributed by atoms with Gasteiger partial charge in [-0.05, 0) is 90.5 Å². The summed E-state index contributed by atoms with van der Waals surface area (Å²) in [7, 11) is 4.51. The van der Waals surface area contributed by atoms with Gasteiger partial charge in [-0.15, -0.1) is 0 Å². The Labute approximate surface area is 233 Å². The fourth-order valence-electron chi connectivity index (χ4n) is 7.06. The molecule has 1 aromatic rings. The Kier molecular flexibility index (Phi) is 8.31. The van der Waals surface area contributed by atoms with Gasteiger partial charge in [-0.3, -0.25) is 19.4 Å². The number of likely N-dealkylation sites (N-methyl/N-ethyl adjacent to an activating group) is 2. The van der Waals surface area contributed by atoms with Crippen molar-refractivity contribution >= 4 is 27.8 Å². The summed E-state index contributed by atoms with van der Waals surface area (Å²) in [6.45, 7) is 1.97. The maximum Gasteiger partial charge on any atom is 0.255 e. The maximum absolute atomic E-state index is 13.3. The molecule has 214 valence electrons. The van der Waals surface area contributed by atoms with Crippen LogP contribution in [0.25, 0.3) is 6.08 Å². The number of hydrogen-bond donors (Lipinski definition) is 1. The Morgan fingerprint density at radius 3 is 2.36 bits per heavy atom. The quantitative estimate of drug-likeness (QED) is 0.462. The van der Waals surface area contributed by atoms with E-state index in [9.17, 15) is 18.0 Å². The van der Waals surface area contributed by atoms with Crippen molar-refractivity contribution < 1.29 is 18.0 Å². The van der Waals surface area contributed by atoms with Crippen molar-refractivity contribution in [1.29, 1.82) is 0 Å². The van der Waals surface area contributed by atoms with E-state index < -0.39 is 16.1 Å². The Balaban J connectivity index is 1.16. The van der Waals surface area contributed by atoms with E-state index in [2.05, 4.69) is 15.1 Å². The van der Waals surface area contributed by atoms with E-state index in [0.717, 1.165) is 49.8 Å². The first kappa shape index (κ1) is 28.4. The average molecular weight is 558 g/mol. The molecule has 9 nitrogen and oxygen atoms in total. The minimum atomic E-state index is -3.24. The molecule has 3 heterocycles. The summed E-state index contributed by atoms with van der Waals surface area (Å²) in [6.07, 6.45) is 7.05. The van der Waals surface area contributed by atoms with E-state index in [1.165, 1.54) is 0 Å².